The van der Waals surface area contributed by atoms with Crippen LogP contribution >= 0.6 is 11.8 Å². The van der Waals surface area contributed by atoms with Gasteiger partial charge in [0.1, 0.15) is 5.75 Å². The van der Waals surface area contributed by atoms with Crippen LogP contribution in [-0.4, -0.2) is 24.6 Å². The Morgan fingerprint density at radius 2 is 1.74 bits per heavy atom. The fourth-order valence-corrected chi connectivity index (χ4v) is 3.42. The lowest BCUT2D eigenvalue weighted by Crippen LogP contribution is -2.15. The highest BCUT2D eigenvalue weighted by atomic mass is 32.2. The predicted molar refractivity (Wildman–Crippen MR) is 113 cm³/mol. The number of nitrogens with one attached hydrogen (secondary N) is 1. The van der Waals surface area contributed by atoms with Gasteiger partial charge < -0.3 is 10.1 Å². The molecule has 0 heterocycles. The van der Waals surface area contributed by atoms with Crippen LogP contribution in [0.2, 0.25) is 0 Å². The van der Waals surface area contributed by atoms with Crippen molar-refractivity contribution in [3.63, 3.8) is 0 Å². The Bertz CT molecular complexity index is 807. The number of benzene rings is 2. The van der Waals surface area contributed by atoms with Crippen LogP contribution < -0.4 is 10.1 Å². The number of ketones is 1. The Balaban J connectivity index is 1.91. The first kappa shape index (κ1) is 21.0. The molecule has 2 rings (SSSR count). The second-order valence-corrected chi connectivity index (χ2v) is 8.44. The zero-order valence-electron chi connectivity index (χ0n) is 16.6. The van der Waals surface area contributed by atoms with Crippen LogP contribution in [0.5, 0.6) is 5.75 Å². The molecule has 1 amide bonds. The molecule has 27 heavy (non-hydrogen) atoms. The molecule has 2 aromatic carbocycles. The van der Waals surface area contributed by atoms with Crippen LogP contribution in [0.3, 0.4) is 0 Å². The molecule has 0 aliphatic heterocycles. The SMILES string of the molecule is COc1ccc(C(C)=O)cc1CSCC(=O)Nc1ccc(C(C)(C)C)cc1. The summed E-state index contributed by atoms with van der Waals surface area (Å²) >= 11 is 1.49. The van der Waals surface area contributed by atoms with E-state index in [1.54, 1.807) is 19.2 Å². The highest BCUT2D eigenvalue weighted by molar-refractivity contribution is 7.99. The highest BCUT2D eigenvalue weighted by Gasteiger charge is 2.13. The van der Waals surface area contributed by atoms with Crippen molar-refractivity contribution in [1.82, 2.24) is 0 Å². The van der Waals surface area contributed by atoms with E-state index in [9.17, 15) is 9.59 Å². The van der Waals surface area contributed by atoms with E-state index in [4.69, 9.17) is 4.74 Å². The van der Waals surface area contributed by atoms with Crippen molar-refractivity contribution >= 4 is 29.1 Å². The van der Waals surface area contributed by atoms with Crippen LogP contribution in [0.25, 0.3) is 0 Å². The summed E-state index contributed by atoms with van der Waals surface area (Å²) in [6.45, 7) is 8.02. The number of hydrogen-bond donors (Lipinski definition) is 1. The van der Waals surface area contributed by atoms with Crippen molar-refractivity contribution in [3.8, 4) is 5.75 Å². The number of ether oxygens (including phenoxy) is 1. The normalized spacial score (nSPS) is 11.1. The number of Topliss-reactive ketones (excluding diaryl/α,β-unsaturated/α-hetero) is 1. The van der Waals surface area contributed by atoms with Gasteiger partial charge in [-0.15, -0.1) is 11.8 Å². The largest absolute Gasteiger partial charge is 0.496 e. The third-order valence-corrected chi connectivity index (χ3v) is 5.19. The molecule has 144 valence electrons. The van der Waals surface area contributed by atoms with Crippen molar-refractivity contribution in [1.29, 1.82) is 0 Å². The van der Waals surface area contributed by atoms with Gasteiger partial charge >= 0.3 is 0 Å². The van der Waals surface area contributed by atoms with Crippen LogP contribution in [0.4, 0.5) is 5.69 Å². The Hall–Kier alpha value is -2.27. The summed E-state index contributed by atoms with van der Waals surface area (Å²) in [5.74, 6) is 1.62. The van der Waals surface area contributed by atoms with Crippen LogP contribution in [0, 0.1) is 0 Å². The quantitative estimate of drug-likeness (QED) is 0.676. The molecule has 0 bridgehead atoms. The number of carbonyl (C=O) groups is 2. The van der Waals surface area contributed by atoms with Gasteiger partial charge in [-0.2, -0.15) is 0 Å². The standard InChI is InChI=1S/C22H27NO3S/c1-15(24)16-6-11-20(26-5)17(12-16)13-27-14-21(25)23-19-9-7-18(8-10-19)22(2,3)4/h6-12H,13-14H2,1-5H3,(H,23,25). The minimum Gasteiger partial charge on any atom is -0.496 e. The molecular formula is C22H27NO3S. The maximum atomic E-state index is 12.2. The smallest absolute Gasteiger partial charge is 0.234 e. The average molecular weight is 386 g/mol. The van der Waals surface area contributed by atoms with Gasteiger partial charge in [0.2, 0.25) is 5.91 Å². The van der Waals surface area contributed by atoms with E-state index in [0.29, 0.717) is 17.1 Å². The van der Waals surface area contributed by atoms with Crippen LogP contribution in [0.15, 0.2) is 42.5 Å². The van der Waals surface area contributed by atoms with Crippen LogP contribution in [0.1, 0.15) is 49.2 Å². The topological polar surface area (TPSA) is 55.4 Å². The van der Waals surface area contributed by atoms with Crippen molar-refractivity contribution in [2.24, 2.45) is 0 Å². The first-order chi connectivity index (χ1) is 12.7. The molecule has 2 aromatic rings. The van der Waals surface area contributed by atoms with E-state index in [1.807, 2.05) is 30.3 Å². The lowest BCUT2D eigenvalue weighted by molar-refractivity contribution is -0.113. The summed E-state index contributed by atoms with van der Waals surface area (Å²) < 4.78 is 5.35. The second-order valence-electron chi connectivity index (χ2n) is 7.45. The lowest BCUT2D eigenvalue weighted by atomic mass is 9.87. The highest BCUT2D eigenvalue weighted by Crippen LogP contribution is 2.26. The minimum atomic E-state index is -0.0507. The van der Waals surface area contributed by atoms with Crippen LogP contribution in [-0.2, 0) is 16.0 Å². The second kappa shape index (κ2) is 9.09. The van der Waals surface area contributed by atoms with E-state index in [2.05, 4.69) is 26.1 Å². The first-order valence-electron chi connectivity index (χ1n) is 8.86. The summed E-state index contributed by atoms with van der Waals surface area (Å²) in [5, 5.41) is 2.92. The Morgan fingerprint density at radius 3 is 2.30 bits per heavy atom. The van der Waals surface area contributed by atoms with Gasteiger partial charge in [-0.1, -0.05) is 32.9 Å². The molecule has 1 N–H and O–H groups in total. The fraction of sp³-hybridized carbons (Fsp3) is 0.364. The van der Waals surface area contributed by atoms with Gasteiger partial charge in [0.25, 0.3) is 0 Å². The lowest BCUT2D eigenvalue weighted by Gasteiger charge is -2.19. The van der Waals surface area contributed by atoms with Gasteiger partial charge in [-0.3, -0.25) is 9.59 Å². The summed E-state index contributed by atoms with van der Waals surface area (Å²) in [7, 11) is 1.60. The number of hydrogen-bond acceptors (Lipinski definition) is 4. The average Bonchev–Trinajstić information content (AvgIpc) is 2.61. The molecule has 0 aliphatic carbocycles. The summed E-state index contributed by atoms with van der Waals surface area (Å²) in [4.78, 5) is 23.8. The van der Waals surface area contributed by atoms with E-state index in [0.717, 1.165) is 17.0 Å². The summed E-state index contributed by atoms with van der Waals surface area (Å²) in [6.07, 6.45) is 0. The molecular weight excluding hydrogens is 358 g/mol. The first-order valence-corrected chi connectivity index (χ1v) is 10.0. The molecule has 0 saturated heterocycles. The Morgan fingerprint density at radius 1 is 1.07 bits per heavy atom. The molecule has 0 unspecified atom stereocenters. The van der Waals surface area contributed by atoms with Gasteiger partial charge in [-0.05, 0) is 48.2 Å². The van der Waals surface area contributed by atoms with Crippen molar-refractivity contribution in [2.45, 2.75) is 38.9 Å². The van der Waals surface area contributed by atoms with Gasteiger partial charge in [0, 0.05) is 22.6 Å². The number of carbonyl (C=O) groups excluding carboxylic acids is 2. The maximum absolute atomic E-state index is 12.2. The fourth-order valence-electron chi connectivity index (χ4n) is 2.61. The summed E-state index contributed by atoms with van der Waals surface area (Å²) in [5.41, 5.74) is 3.68. The van der Waals surface area contributed by atoms with E-state index >= 15 is 0 Å². The summed E-state index contributed by atoms with van der Waals surface area (Å²) in [6, 6.07) is 13.3. The zero-order chi connectivity index (χ0) is 20.0. The molecule has 5 heteroatoms. The molecule has 0 aromatic heterocycles. The van der Waals surface area contributed by atoms with Gasteiger partial charge in [0.05, 0.1) is 12.9 Å². The van der Waals surface area contributed by atoms with E-state index in [-0.39, 0.29) is 17.1 Å². The third-order valence-electron chi connectivity index (χ3n) is 4.21. The third kappa shape index (κ3) is 6.14. The Labute approximate surface area is 165 Å². The number of amides is 1. The number of rotatable bonds is 7. The molecule has 0 saturated carbocycles. The van der Waals surface area contributed by atoms with Crippen molar-refractivity contribution in [2.75, 3.05) is 18.2 Å². The molecule has 0 radical (unpaired) electrons. The van der Waals surface area contributed by atoms with E-state index < -0.39 is 0 Å². The molecule has 0 spiro atoms. The van der Waals surface area contributed by atoms with Gasteiger partial charge in [0.15, 0.2) is 5.78 Å². The number of anilines is 1. The van der Waals surface area contributed by atoms with Crippen molar-refractivity contribution < 1.29 is 14.3 Å². The predicted octanol–water partition coefficient (Wildman–Crippen LogP) is 5.07. The molecule has 4 nitrogen and oxygen atoms in total. The molecule has 0 atom stereocenters. The monoisotopic (exact) mass is 385 g/mol. The van der Waals surface area contributed by atoms with Gasteiger partial charge in [-0.25, -0.2) is 0 Å². The number of methoxy groups -OCH3 is 1. The number of thioether (sulfide) groups is 1. The minimum absolute atomic E-state index is 0.0142. The Kier molecular flexibility index (Phi) is 7.08. The maximum Gasteiger partial charge on any atom is 0.234 e. The molecule has 0 fully saturated rings. The zero-order valence-corrected chi connectivity index (χ0v) is 17.4. The molecule has 0 aliphatic rings. The van der Waals surface area contributed by atoms with E-state index in [1.165, 1.54) is 24.2 Å². The van der Waals surface area contributed by atoms with Crippen molar-refractivity contribution in [3.05, 3.63) is 59.2 Å².